The molecule has 2 N–H and O–H groups in total. The van der Waals surface area contributed by atoms with Gasteiger partial charge in [0.05, 0.1) is 15.9 Å². The van der Waals surface area contributed by atoms with E-state index in [9.17, 15) is 27.7 Å². The van der Waals surface area contributed by atoms with Gasteiger partial charge in [0.25, 0.3) is 0 Å². The Hall–Kier alpha value is 0.290. The maximum Gasteiger partial charge on any atom is 1.00 e. The van der Waals surface area contributed by atoms with Gasteiger partial charge >= 0.3 is 65.1 Å². The first-order valence-corrected chi connectivity index (χ1v) is 7.64. The minimum absolute atomic E-state index is 0. The van der Waals surface area contributed by atoms with Crippen LogP contribution in [0.25, 0.3) is 0 Å². The molecular formula is C13H23NNa2O7S. The molecule has 8 nitrogen and oxygen atoms in total. The van der Waals surface area contributed by atoms with E-state index in [1.165, 1.54) is 13.8 Å². The summed E-state index contributed by atoms with van der Waals surface area (Å²) in [5.41, 5.74) is -1.06. The van der Waals surface area contributed by atoms with Gasteiger partial charge in [0.1, 0.15) is 0 Å². The molecule has 0 unspecified atom stereocenters. The van der Waals surface area contributed by atoms with Crippen molar-refractivity contribution in [2.24, 2.45) is 0 Å². The minimum atomic E-state index is -4.33. The molecule has 0 aromatic rings. The van der Waals surface area contributed by atoms with E-state index in [0.717, 1.165) is 12.2 Å². The van der Waals surface area contributed by atoms with E-state index in [2.05, 4.69) is 18.5 Å². The Morgan fingerprint density at radius 1 is 1.21 bits per heavy atom. The average Bonchev–Trinajstić information content (AvgIpc) is 2.24. The summed E-state index contributed by atoms with van der Waals surface area (Å²) < 4.78 is 31.2. The fourth-order valence-corrected chi connectivity index (χ4v) is 1.82. The summed E-state index contributed by atoms with van der Waals surface area (Å²) in [6.07, 6.45) is 1.43. The van der Waals surface area contributed by atoms with Crippen LogP contribution in [0.5, 0.6) is 0 Å². The number of amides is 1. The van der Waals surface area contributed by atoms with E-state index < -0.39 is 39.4 Å². The molecule has 1 amide bonds. The van der Waals surface area contributed by atoms with Gasteiger partial charge in [0.2, 0.25) is 5.91 Å². The predicted octanol–water partition coefficient (Wildman–Crippen LogP) is -6.37. The summed E-state index contributed by atoms with van der Waals surface area (Å²) in [5, 5.41) is 19.5. The molecule has 0 aliphatic heterocycles. The molecule has 0 radical (unpaired) electrons. The zero-order chi connectivity index (χ0) is 18.6. The van der Waals surface area contributed by atoms with Crippen molar-refractivity contribution in [1.29, 1.82) is 0 Å². The Morgan fingerprint density at radius 2 is 1.50 bits per heavy atom. The third-order valence-electron chi connectivity index (χ3n) is 1.36. The molecule has 0 aliphatic rings. The van der Waals surface area contributed by atoms with Gasteiger partial charge in [0.15, 0.2) is 0 Å². The van der Waals surface area contributed by atoms with Crippen LogP contribution in [0, 0.1) is 0 Å². The molecule has 0 atom stereocenters. The Morgan fingerprint density at radius 3 is 1.67 bits per heavy atom. The van der Waals surface area contributed by atoms with Gasteiger partial charge in [-0.05, 0) is 19.9 Å². The van der Waals surface area contributed by atoms with Crippen molar-refractivity contribution in [2.75, 3.05) is 5.75 Å². The molecule has 24 heavy (non-hydrogen) atoms. The van der Waals surface area contributed by atoms with Gasteiger partial charge in [-0.1, -0.05) is 27.0 Å². The minimum Gasteiger partial charge on any atom is -0.852 e. The van der Waals surface area contributed by atoms with E-state index in [1.54, 1.807) is 13.8 Å². The van der Waals surface area contributed by atoms with E-state index in [1.807, 2.05) is 0 Å². The van der Waals surface area contributed by atoms with Crippen LogP contribution in [-0.2, 0) is 19.7 Å². The molecule has 11 heteroatoms. The van der Waals surface area contributed by atoms with Crippen LogP contribution < -0.4 is 69.5 Å². The van der Waals surface area contributed by atoms with Crippen LogP contribution in [0.15, 0.2) is 25.3 Å². The standard InChI is InChI=1S/C7H13NO4S.C3H4O2.C3H7O.2Na/c1-4-6(9)8-7(2,3)5-13(10,11)12;1-2-3(4)5;1-3(2)4;;/h4H,1,5H2,2-3H3,(H,8,9)(H,10,11,12);2H,1H2,(H,4,5);3H,1-2H3;;/q;;-1;2*+1/p-1. The zero-order valence-electron chi connectivity index (χ0n) is 15.2. The number of carbonyl (C=O) groups is 2. The number of hydrogen-bond acceptors (Lipinski definition) is 6. The number of hydrogen-bond donors (Lipinski definition) is 2. The van der Waals surface area contributed by atoms with Crippen molar-refractivity contribution in [2.45, 2.75) is 39.3 Å². The summed E-state index contributed by atoms with van der Waals surface area (Å²) in [6.45, 7) is 12.3. The van der Waals surface area contributed by atoms with Crippen molar-refractivity contribution in [3.63, 3.8) is 0 Å². The Bertz CT molecular complexity index is 474. The molecule has 0 rings (SSSR count). The Balaban J connectivity index is -0.0000000919. The van der Waals surface area contributed by atoms with Gasteiger partial charge in [-0.3, -0.25) is 4.79 Å². The molecule has 0 aromatic heterocycles. The Kier molecular flexibility index (Phi) is 26.7. The molecule has 0 bridgehead atoms. The normalized spacial score (nSPS) is 9.46. The van der Waals surface area contributed by atoms with Crippen molar-refractivity contribution >= 4 is 22.0 Å². The van der Waals surface area contributed by atoms with Crippen molar-refractivity contribution < 1.29 is 91.9 Å². The molecule has 0 fully saturated rings. The van der Waals surface area contributed by atoms with Gasteiger partial charge in [0, 0.05) is 11.6 Å². The SMILES string of the molecule is C=CC(=O)NC(C)(C)CS(=O)(=O)[O-].C=CC(=O)O.CC(C)[O-].[Na+].[Na+]. The zero-order valence-corrected chi connectivity index (χ0v) is 20.0. The topological polar surface area (TPSA) is 147 Å². The van der Waals surface area contributed by atoms with Gasteiger partial charge < -0.3 is 20.1 Å². The number of rotatable bonds is 5. The van der Waals surface area contributed by atoms with Gasteiger partial charge in [-0.15, -0.1) is 6.10 Å². The molecule has 0 saturated carbocycles. The van der Waals surface area contributed by atoms with Crippen molar-refractivity contribution in [1.82, 2.24) is 5.32 Å². The maximum absolute atomic E-state index is 10.8. The third kappa shape index (κ3) is 43.2. The smallest absolute Gasteiger partial charge is 0.852 e. The quantitative estimate of drug-likeness (QED) is 0.273. The molecule has 130 valence electrons. The number of nitrogens with one attached hydrogen (secondary N) is 1. The summed E-state index contributed by atoms with van der Waals surface area (Å²) in [4.78, 5) is 20.0. The first-order chi connectivity index (χ1) is 9.66. The molecule has 0 heterocycles. The number of aliphatic carboxylic acids is 1. The molecule has 0 saturated heterocycles. The summed E-state index contributed by atoms with van der Waals surface area (Å²) in [6, 6.07) is 0. The summed E-state index contributed by atoms with van der Waals surface area (Å²) in [7, 11) is -4.33. The first kappa shape index (κ1) is 35.4. The van der Waals surface area contributed by atoms with Crippen LogP contribution in [0.2, 0.25) is 0 Å². The van der Waals surface area contributed by atoms with E-state index in [-0.39, 0.29) is 59.1 Å². The van der Waals surface area contributed by atoms with Crippen LogP contribution in [0.3, 0.4) is 0 Å². The van der Waals surface area contributed by atoms with E-state index in [0.29, 0.717) is 0 Å². The number of carboxylic acid groups (broad SMARTS) is 1. The second-order valence-corrected chi connectivity index (χ2v) is 6.27. The average molecular weight is 383 g/mol. The molecular weight excluding hydrogens is 360 g/mol. The molecule has 0 aromatic carbocycles. The maximum atomic E-state index is 10.8. The van der Waals surface area contributed by atoms with Crippen LogP contribution >= 0.6 is 0 Å². The largest absolute Gasteiger partial charge is 1.00 e. The van der Waals surface area contributed by atoms with Crippen LogP contribution in [-0.4, -0.2) is 47.3 Å². The number of carbonyl (C=O) groups excluding carboxylic acids is 1. The van der Waals surface area contributed by atoms with Gasteiger partial charge in [-0.25, -0.2) is 13.2 Å². The fourth-order valence-electron chi connectivity index (χ4n) is 0.863. The molecule has 0 spiro atoms. The van der Waals surface area contributed by atoms with E-state index >= 15 is 0 Å². The van der Waals surface area contributed by atoms with E-state index in [4.69, 9.17) is 5.11 Å². The summed E-state index contributed by atoms with van der Waals surface area (Å²) >= 11 is 0. The predicted molar refractivity (Wildman–Crippen MR) is 80.0 cm³/mol. The van der Waals surface area contributed by atoms with Crippen LogP contribution in [0.4, 0.5) is 0 Å². The van der Waals surface area contributed by atoms with Gasteiger partial charge in [-0.2, -0.15) is 0 Å². The molecule has 0 aliphatic carbocycles. The van der Waals surface area contributed by atoms with Crippen LogP contribution in [0.1, 0.15) is 27.7 Å². The fraction of sp³-hybridized carbons (Fsp3) is 0.538. The van der Waals surface area contributed by atoms with Crippen molar-refractivity contribution in [3.05, 3.63) is 25.3 Å². The summed E-state index contributed by atoms with van der Waals surface area (Å²) in [5.74, 6) is -2.13. The monoisotopic (exact) mass is 383 g/mol. The Labute approximate surface area is 188 Å². The first-order valence-electron chi connectivity index (χ1n) is 6.06. The second kappa shape index (κ2) is 18.1. The van der Waals surface area contributed by atoms with Crippen molar-refractivity contribution in [3.8, 4) is 0 Å². The number of carboxylic acids is 1. The second-order valence-electron chi connectivity index (χ2n) is 4.87. The third-order valence-corrected chi connectivity index (χ3v) is 2.43.